The fourth-order valence-electron chi connectivity index (χ4n) is 0.0762. The molecular formula is C4H6F2O3. The van der Waals surface area contributed by atoms with Crippen LogP contribution in [-0.4, -0.2) is 17.9 Å². The molecule has 0 atom stereocenters. The summed E-state index contributed by atoms with van der Waals surface area (Å²) < 4.78 is 24.2. The van der Waals surface area contributed by atoms with Crippen LogP contribution < -0.4 is 0 Å². The van der Waals surface area contributed by atoms with Gasteiger partial charge in [0.15, 0.2) is 0 Å². The third kappa shape index (κ3) is 19.8. The zero-order valence-corrected chi connectivity index (χ0v) is 4.51. The summed E-state index contributed by atoms with van der Waals surface area (Å²) in [5.74, 6) is 0. The molecule has 0 saturated heterocycles. The van der Waals surface area contributed by atoms with Gasteiger partial charge in [0.2, 0.25) is 0 Å². The van der Waals surface area contributed by atoms with E-state index in [0.717, 1.165) is 0 Å². The molecule has 9 heavy (non-hydrogen) atoms. The van der Waals surface area contributed by atoms with Crippen LogP contribution in [-0.2, 0) is 4.74 Å². The molecule has 3 nitrogen and oxygen atoms in total. The van der Waals surface area contributed by atoms with Gasteiger partial charge in [0.25, 0.3) is 0 Å². The molecule has 0 radical (unpaired) electrons. The van der Waals surface area contributed by atoms with Crippen molar-refractivity contribution in [2.45, 2.75) is 6.61 Å². The number of ether oxygens (including phenoxy) is 1. The number of hydrogen-bond acceptors (Lipinski definition) is 2. The molecule has 0 rings (SSSR count). The minimum absolute atomic E-state index is 1.96. The number of halogens is 2. The largest absolute Gasteiger partial charge is 0.510 e. The van der Waals surface area contributed by atoms with Gasteiger partial charge in [-0.15, -0.1) is 13.2 Å². The molecule has 1 N–H and O–H groups in total. The first kappa shape index (κ1) is 10.8. The lowest BCUT2D eigenvalue weighted by molar-refractivity contribution is -0.0976. The minimum Gasteiger partial charge on any atom is -0.450 e. The van der Waals surface area contributed by atoms with Gasteiger partial charge >= 0.3 is 12.8 Å². The second kappa shape index (κ2) is 6.87. The van der Waals surface area contributed by atoms with Crippen molar-refractivity contribution in [3.05, 3.63) is 13.2 Å². The van der Waals surface area contributed by atoms with E-state index in [-0.39, 0.29) is 0 Å². The highest BCUT2D eigenvalue weighted by Crippen LogP contribution is 1.92. The lowest BCUT2D eigenvalue weighted by Crippen LogP contribution is -2.04. The topological polar surface area (TPSA) is 46.5 Å². The maximum absolute atomic E-state index is 10.7. The molecule has 0 aromatic rings. The predicted molar refractivity (Wildman–Crippen MR) is 26.4 cm³/mol. The summed E-state index contributed by atoms with van der Waals surface area (Å²) >= 11 is 0. The normalized spacial score (nSPS) is 7.44. The first-order valence-electron chi connectivity index (χ1n) is 1.80. The molecule has 0 heterocycles. The Hall–Kier alpha value is -1.13. The molecule has 0 spiro atoms. The van der Waals surface area contributed by atoms with E-state index in [1.807, 2.05) is 0 Å². The van der Waals surface area contributed by atoms with Gasteiger partial charge in [0, 0.05) is 0 Å². The number of hydrogen-bond donors (Lipinski definition) is 1. The van der Waals surface area contributed by atoms with Crippen LogP contribution in [0.5, 0.6) is 0 Å². The quantitative estimate of drug-likeness (QED) is 0.445. The predicted octanol–water partition coefficient (Wildman–Crippen LogP) is 1.71. The van der Waals surface area contributed by atoms with Gasteiger partial charge in [-0.3, -0.25) is 0 Å². The minimum atomic E-state index is -3.22. The van der Waals surface area contributed by atoms with Gasteiger partial charge in [-0.25, -0.2) is 4.79 Å². The highest BCUT2D eigenvalue weighted by molar-refractivity contribution is 5.56. The maximum Gasteiger partial charge on any atom is 0.510 e. The number of rotatable bonds is 1. The van der Waals surface area contributed by atoms with E-state index in [2.05, 4.69) is 17.9 Å². The van der Waals surface area contributed by atoms with E-state index in [4.69, 9.17) is 9.90 Å². The van der Waals surface area contributed by atoms with E-state index in [9.17, 15) is 8.78 Å². The third-order valence-corrected chi connectivity index (χ3v) is 0.190. The zero-order chi connectivity index (χ0) is 7.86. The smallest absolute Gasteiger partial charge is 0.450 e. The Morgan fingerprint density at radius 3 is 1.89 bits per heavy atom. The van der Waals surface area contributed by atoms with Crippen molar-refractivity contribution in [1.29, 1.82) is 0 Å². The molecule has 0 unspecified atom stereocenters. The van der Waals surface area contributed by atoms with E-state index in [0.29, 0.717) is 0 Å². The average Bonchev–Trinajstić information content (AvgIpc) is 1.68. The Bertz CT molecular complexity index is 83.9. The summed E-state index contributed by atoms with van der Waals surface area (Å²) in [6, 6.07) is 0. The molecular weight excluding hydrogens is 134 g/mol. The third-order valence-electron chi connectivity index (χ3n) is 0.190. The van der Waals surface area contributed by atoms with E-state index >= 15 is 0 Å². The Morgan fingerprint density at radius 2 is 1.89 bits per heavy atom. The highest BCUT2D eigenvalue weighted by Gasteiger charge is 2.05. The van der Waals surface area contributed by atoms with Crippen molar-refractivity contribution in [1.82, 2.24) is 0 Å². The van der Waals surface area contributed by atoms with Gasteiger partial charge in [-0.1, -0.05) is 0 Å². The lowest BCUT2D eigenvalue weighted by atomic mass is 11.3. The number of carboxylic acid groups (broad SMARTS) is 1. The van der Waals surface area contributed by atoms with E-state index in [1.165, 1.54) is 0 Å². The van der Waals surface area contributed by atoms with Crippen LogP contribution in [0.1, 0.15) is 0 Å². The molecule has 0 aromatic carbocycles. The van der Waals surface area contributed by atoms with Crippen molar-refractivity contribution in [2.24, 2.45) is 0 Å². The highest BCUT2D eigenvalue weighted by atomic mass is 19.3. The molecule has 0 aromatic heterocycles. The zero-order valence-electron chi connectivity index (χ0n) is 4.51. The van der Waals surface area contributed by atoms with Gasteiger partial charge in [0.05, 0.1) is 0 Å². The Labute approximate surface area is 50.6 Å². The van der Waals surface area contributed by atoms with Gasteiger partial charge in [-0.2, -0.15) is 8.78 Å². The van der Waals surface area contributed by atoms with E-state index in [1.54, 1.807) is 0 Å². The Kier molecular flexibility index (Phi) is 8.23. The summed E-state index contributed by atoms with van der Waals surface area (Å²) in [4.78, 5) is 9.11. The van der Waals surface area contributed by atoms with Crippen molar-refractivity contribution in [3.63, 3.8) is 0 Å². The van der Waals surface area contributed by atoms with Crippen LogP contribution in [0.3, 0.4) is 0 Å². The molecule has 0 fully saturated rings. The first-order chi connectivity index (χ1) is 4.13. The second-order valence-corrected chi connectivity index (χ2v) is 0.644. The maximum atomic E-state index is 10.7. The van der Waals surface area contributed by atoms with Crippen LogP contribution in [0.2, 0.25) is 0 Å². The molecule has 0 aliphatic rings. The Morgan fingerprint density at radius 1 is 1.56 bits per heavy atom. The summed E-state index contributed by atoms with van der Waals surface area (Å²) in [6.07, 6.45) is -1.96. The Balaban J connectivity index is 0. The van der Waals surface area contributed by atoms with Crippen LogP contribution in [0.15, 0.2) is 13.2 Å². The first-order valence-corrected chi connectivity index (χ1v) is 1.80. The van der Waals surface area contributed by atoms with Crippen molar-refractivity contribution < 1.29 is 23.4 Å². The van der Waals surface area contributed by atoms with Crippen molar-refractivity contribution in [2.75, 3.05) is 0 Å². The summed E-state index contributed by atoms with van der Waals surface area (Å²) in [6.45, 7) is 2.78. The monoisotopic (exact) mass is 140 g/mol. The SMILES string of the molecule is C=C.O=C(O)OC(F)F. The van der Waals surface area contributed by atoms with Crippen LogP contribution in [0.4, 0.5) is 13.6 Å². The molecule has 5 heteroatoms. The summed E-state index contributed by atoms with van der Waals surface area (Å²) in [7, 11) is 0. The van der Waals surface area contributed by atoms with Crippen molar-refractivity contribution in [3.8, 4) is 0 Å². The molecule has 0 saturated carbocycles. The van der Waals surface area contributed by atoms with Crippen LogP contribution in [0, 0.1) is 0 Å². The molecule has 0 amide bonds. The number of carbonyl (C=O) groups is 1. The van der Waals surface area contributed by atoms with Gasteiger partial charge in [-0.05, 0) is 0 Å². The van der Waals surface area contributed by atoms with Gasteiger partial charge < -0.3 is 9.84 Å². The van der Waals surface area contributed by atoms with Crippen LogP contribution >= 0.6 is 0 Å². The molecule has 0 bridgehead atoms. The molecule has 0 aliphatic carbocycles. The molecule has 0 aliphatic heterocycles. The summed E-state index contributed by atoms with van der Waals surface area (Å²) in [5, 5.41) is 7.38. The van der Waals surface area contributed by atoms with Gasteiger partial charge in [0.1, 0.15) is 0 Å². The number of alkyl halides is 2. The fourth-order valence-corrected chi connectivity index (χ4v) is 0.0762. The lowest BCUT2D eigenvalue weighted by Gasteiger charge is -1.92. The van der Waals surface area contributed by atoms with E-state index < -0.39 is 12.8 Å². The van der Waals surface area contributed by atoms with Crippen LogP contribution in [0.25, 0.3) is 0 Å². The standard InChI is InChI=1S/C2H2F2O3.C2H4/c3-1(4)7-2(5)6;1-2/h1H,(H,5,6);1-2H2. The van der Waals surface area contributed by atoms with Crippen molar-refractivity contribution >= 4 is 6.16 Å². The second-order valence-electron chi connectivity index (χ2n) is 0.644. The summed E-state index contributed by atoms with van der Waals surface area (Å²) in [5.41, 5.74) is 0. The molecule has 54 valence electrons. The average molecular weight is 140 g/mol. The fraction of sp³-hybridized carbons (Fsp3) is 0.250.